The molecule has 1 saturated carbocycles. The average molecular weight is 386 g/mol. The number of rotatable bonds is 7. The Bertz CT molecular complexity index is 608. The van der Waals surface area contributed by atoms with Crippen LogP contribution in [0.1, 0.15) is 48.3 Å². The lowest BCUT2D eigenvalue weighted by Gasteiger charge is -2.16. The molecule has 128 valence electrons. The molecule has 0 bridgehead atoms. The van der Waals surface area contributed by atoms with Gasteiger partial charge in [-0.2, -0.15) is 0 Å². The minimum Gasteiger partial charge on any atom is -0.302 e. The van der Waals surface area contributed by atoms with Crippen LogP contribution < -0.4 is 0 Å². The summed E-state index contributed by atoms with van der Waals surface area (Å²) in [6.45, 7) is 2.18. The summed E-state index contributed by atoms with van der Waals surface area (Å²) in [7, 11) is 2.22. The third-order valence-corrected chi connectivity index (χ3v) is 5.95. The molecule has 2 aromatic carbocycles. The van der Waals surface area contributed by atoms with Crippen LogP contribution in [0, 0.1) is 0 Å². The summed E-state index contributed by atoms with van der Waals surface area (Å²) in [5, 5.41) is 0. The Kier molecular flexibility index (Phi) is 6.51. The first-order valence-electron chi connectivity index (χ1n) is 9.16. The molecular weight excluding hydrogens is 358 g/mol. The smallest absolute Gasteiger partial charge is 0.0230 e. The number of hydrogen-bond acceptors (Lipinski definition) is 1. The fourth-order valence-electron chi connectivity index (χ4n) is 3.71. The van der Waals surface area contributed by atoms with Crippen molar-refractivity contribution >= 4 is 15.9 Å². The molecule has 0 N–H and O–H groups in total. The molecule has 0 spiro atoms. The van der Waals surface area contributed by atoms with Crippen LogP contribution in [-0.4, -0.2) is 23.3 Å². The summed E-state index contributed by atoms with van der Waals surface area (Å²) < 4.78 is 0. The minimum atomic E-state index is 0.724. The molecule has 1 fully saturated rings. The van der Waals surface area contributed by atoms with Crippen LogP contribution in [0.3, 0.4) is 0 Å². The first kappa shape index (κ1) is 17.7. The van der Waals surface area contributed by atoms with Crippen LogP contribution in [0.15, 0.2) is 54.6 Å². The van der Waals surface area contributed by atoms with Crippen molar-refractivity contribution in [3.05, 3.63) is 71.3 Å². The maximum absolute atomic E-state index is 3.76. The monoisotopic (exact) mass is 385 g/mol. The molecule has 1 aliphatic carbocycles. The van der Waals surface area contributed by atoms with Crippen LogP contribution in [0.4, 0.5) is 0 Å². The molecule has 0 radical (unpaired) electrons. The van der Waals surface area contributed by atoms with Crippen molar-refractivity contribution < 1.29 is 0 Å². The third kappa shape index (κ3) is 5.19. The van der Waals surface area contributed by atoms with Gasteiger partial charge in [0.2, 0.25) is 0 Å². The van der Waals surface area contributed by atoms with Crippen molar-refractivity contribution in [3.63, 3.8) is 0 Å². The zero-order chi connectivity index (χ0) is 16.8. The second-order valence-electron chi connectivity index (χ2n) is 7.18. The minimum absolute atomic E-state index is 0.724. The van der Waals surface area contributed by atoms with Gasteiger partial charge in [-0.1, -0.05) is 70.5 Å². The summed E-state index contributed by atoms with van der Waals surface area (Å²) in [6, 6.07) is 20.1. The van der Waals surface area contributed by atoms with Gasteiger partial charge in [-0.05, 0) is 68.3 Å². The summed E-state index contributed by atoms with van der Waals surface area (Å²) in [5.74, 6) is 0.764. The first-order chi connectivity index (χ1) is 11.7. The molecule has 2 aromatic rings. The summed E-state index contributed by atoms with van der Waals surface area (Å²) in [4.78, 5) is 3.14. The predicted molar refractivity (Wildman–Crippen MR) is 107 cm³/mol. The van der Waals surface area contributed by atoms with Crippen LogP contribution in [0.5, 0.6) is 0 Å². The average Bonchev–Trinajstić information content (AvgIpc) is 3.03. The molecule has 0 aromatic heterocycles. The molecule has 2 atom stereocenters. The van der Waals surface area contributed by atoms with Crippen LogP contribution in [0.25, 0.3) is 0 Å². The highest BCUT2D eigenvalue weighted by Gasteiger charge is 2.23. The van der Waals surface area contributed by atoms with Crippen molar-refractivity contribution in [2.45, 2.75) is 49.4 Å². The van der Waals surface area contributed by atoms with Crippen molar-refractivity contribution in [1.82, 2.24) is 4.90 Å². The van der Waals surface area contributed by atoms with Crippen LogP contribution >= 0.6 is 15.9 Å². The van der Waals surface area contributed by atoms with E-state index in [1.54, 1.807) is 0 Å². The van der Waals surface area contributed by atoms with Crippen molar-refractivity contribution in [2.24, 2.45) is 0 Å². The Balaban J connectivity index is 1.42. The van der Waals surface area contributed by atoms with Gasteiger partial charge in [0.15, 0.2) is 0 Å². The predicted octanol–water partition coefficient (Wildman–Crippen LogP) is 5.78. The van der Waals surface area contributed by atoms with Crippen LogP contribution in [-0.2, 0) is 13.0 Å². The van der Waals surface area contributed by atoms with E-state index in [1.807, 2.05) is 0 Å². The van der Waals surface area contributed by atoms with E-state index in [9.17, 15) is 0 Å². The lowest BCUT2D eigenvalue weighted by Crippen LogP contribution is -2.19. The van der Waals surface area contributed by atoms with Gasteiger partial charge in [0.25, 0.3) is 0 Å². The maximum Gasteiger partial charge on any atom is 0.0230 e. The highest BCUT2D eigenvalue weighted by molar-refractivity contribution is 9.09. The number of benzene rings is 2. The maximum atomic E-state index is 3.76. The van der Waals surface area contributed by atoms with Crippen molar-refractivity contribution in [3.8, 4) is 0 Å². The molecule has 0 aliphatic heterocycles. The van der Waals surface area contributed by atoms with Crippen molar-refractivity contribution in [1.29, 1.82) is 0 Å². The second-order valence-corrected chi connectivity index (χ2v) is 8.47. The van der Waals surface area contributed by atoms with Crippen molar-refractivity contribution in [2.75, 3.05) is 13.6 Å². The van der Waals surface area contributed by atoms with Gasteiger partial charge in [0.05, 0.1) is 0 Å². The third-order valence-electron chi connectivity index (χ3n) is 5.12. The fraction of sp³-hybridized carbons (Fsp3) is 0.455. The van der Waals surface area contributed by atoms with E-state index in [-0.39, 0.29) is 0 Å². The van der Waals surface area contributed by atoms with Gasteiger partial charge >= 0.3 is 0 Å². The quantitative estimate of drug-likeness (QED) is 0.545. The van der Waals surface area contributed by atoms with Gasteiger partial charge in [-0.25, -0.2) is 0 Å². The topological polar surface area (TPSA) is 3.24 Å². The zero-order valence-electron chi connectivity index (χ0n) is 14.6. The van der Waals surface area contributed by atoms with Crippen LogP contribution in [0.2, 0.25) is 0 Å². The molecule has 0 amide bonds. The zero-order valence-corrected chi connectivity index (χ0v) is 16.2. The Labute approximate surface area is 155 Å². The van der Waals surface area contributed by atoms with E-state index in [2.05, 4.69) is 82.5 Å². The normalized spacial score (nSPS) is 20.6. The molecule has 1 aliphatic rings. The van der Waals surface area contributed by atoms with Gasteiger partial charge in [-0.15, -0.1) is 0 Å². The van der Waals surface area contributed by atoms with Gasteiger partial charge in [-0.3, -0.25) is 0 Å². The van der Waals surface area contributed by atoms with E-state index in [4.69, 9.17) is 0 Å². The molecule has 2 heteroatoms. The molecular formula is C22H28BrN. The number of aryl methyl sites for hydroxylation is 1. The molecule has 0 saturated heterocycles. The molecule has 0 heterocycles. The number of alkyl halides is 1. The van der Waals surface area contributed by atoms with Gasteiger partial charge in [0, 0.05) is 11.4 Å². The summed E-state index contributed by atoms with van der Waals surface area (Å²) >= 11 is 3.76. The van der Waals surface area contributed by atoms with Gasteiger partial charge in [0.1, 0.15) is 0 Å². The largest absolute Gasteiger partial charge is 0.302 e. The second kappa shape index (κ2) is 8.82. The standard InChI is InChI=1S/C22H28BrN/c1-24(17-19-6-3-2-4-7-19)15-5-8-18-9-11-20(12-10-18)21-13-14-22(23)16-21/h2-4,6-7,9-12,21-22H,5,8,13-17H2,1H3. The Morgan fingerprint density at radius 3 is 2.38 bits per heavy atom. The Morgan fingerprint density at radius 2 is 1.71 bits per heavy atom. The Hall–Kier alpha value is -1.12. The van der Waals surface area contributed by atoms with E-state index in [0.29, 0.717) is 0 Å². The SMILES string of the molecule is CN(CCCc1ccc(C2CCC(Br)C2)cc1)Cc1ccccc1. The molecule has 2 unspecified atom stereocenters. The Morgan fingerprint density at radius 1 is 0.958 bits per heavy atom. The van der Waals surface area contributed by atoms with Gasteiger partial charge < -0.3 is 4.90 Å². The number of halogens is 1. The fourth-order valence-corrected chi connectivity index (χ4v) is 4.43. The molecule has 3 rings (SSSR count). The van der Waals surface area contributed by atoms with E-state index in [0.717, 1.165) is 23.8 Å². The summed E-state index contributed by atoms with van der Waals surface area (Å²) in [5.41, 5.74) is 4.40. The lowest BCUT2D eigenvalue weighted by molar-refractivity contribution is 0.322. The highest BCUT2D eigenvalue weighted by Crippen LogP contribution is 2.37. The number of nitrogens with zero attached hydrogens (tertiary/aromatic N) is 1. The first-order valence-corrected chi connectivity index (χ1v) is 10.1. The summed E-state index contributed by atoms with van der Waals surface area (Å²) in [6.07, 6.45) is 6.34. The molecule has 24 heavy (non-hydrogen) atoms. The van der Waals surface area contributed by atoms with E-state index < -0.39 is 0 Å². The lowest BCUT2D eigenvalue weighted by atomic mass is 9.96. The highest BCUT2D eigenvalue weighted by atomic mass is 79.9. The molecule has 1 nitrogen and oxygen atoms in total. The number of hydrogen-bond donors (Lipinski definition) is 0. The van der Waals surface area contributed by atoms with E-state index >= 15 is 0 Å². The van der Waals surface area contributed by atoms with E-state index in [1.165, 1.54) is 48.8 Å².